The van der Waals surface area contributed by atoms with E-state index in [9.17, 15) is 0 Å². The van der Waals surface area contributed by atoms with Gasteiger partial charge in [-0.3, -0.25) is 5.41 Å². The largest absolute Gasteiger partial charge is 0.488 e. The van der Waals surface area contributed by atoms with Gasteiger partial charge in [-0.1, -0.05) is 0 Å². The summed E-state index contributed by atoms with van der Waals surface area (Å²) < 4.78 is 6.04. The summed E-state index contributed by atoms with van der Waals surface area (Å²) >= 11 is 0. The minimum Gasteiger partial charge on any atom is -0.488 e. The Hall–Kier alpha value is -2.67. The Morgan fingerprint density at radius 3 is 2.75 bits per heavy atom. The van der Waals surface area contributed by atoms with Gasteiger partial charge in [-0.2, -0.15) is 0 Å². The van der Waals surface area contributed by atoms with Crippen molar-refractivity contribution in [3.05, 3.63) is 41.9 Å². The monoisotopic (exact) mass is 380 g/mol. The molecule has 3 N–H and O–H groups in total. The molecule has 1 aromatic carbocycles. The van der Waals surface area contributed by atoms with E-state index in [0.717, 1.165) is 44.0 Å². The molecular formula is C21H28N6O. The van der Waals surface area contributed by atoms with Crippen LogP contribution < -0.4 is 15.4 Å². The van der Waals surface area contributed by atoms with E-state index >= 15 is 0 Å². The highest BCUT2D eigenvalue weighted by atomic mass is 16.5. The third-order valence-electron chi connectivity index (χ3n) is 5.80. The molecule has 4 rings (SSSR count). The van der Waals surface area contributed by atoms with Gasteiger partial charge >= 0.3 is 0 Å². The van der Waals surface area contributed by atoms with Crippen LogP contribution in [-0.2, 0) is 0 Å². The van der Waals surface area contributed by atoms with Crippen LogP contribution in [0.2, 0.25) is 0 Å². The van der Waals surface area contributed by atoms with E-state index in [2.05, 4.69) is 40.7 Å². The maximum atomic E-state index is 8.68. The summed E-state index contributed by atoms with van der Waals surface area (Å²) in [6.45, 7) is 7.12. The molecule has 0 bridgehead atoms. The van der Waals surface area contributed by atoms with E-state index in [1.54, 1.807) is 6.07 Å². The lowest BCUT2D eigenvalue weighted by Crippen LogP contribution is -2.50. The van der Waals surface area contributed by atoms with Crippen molar-refractivity contribution in [2.24, 2.45) is 0 Å². The number of nitrogen functional groups attached to an aromatic ring is 1. The molecule has 2 heterocycles. The average molecular weight is 380 g/mol. The van der Waals surface area contributed by atoms with Crippen molar-refractivity contribution >= 4 is 17.2 Å². The van der Waals surface area contributed by atoms with Crippen molar-refractivity contribution in [3.8, 4) is 5.75 Å². The van der Waals surface area contributed by atoms with Crippen molar-refractivity contribution in [3.63, 3.8) is 0 Å². The quantitative estimate of drug-likeness (QED) is 0.612. The average Bonchev–Trinajstić information content (AvgIpc) is 3.42. The SMILES string of the molecule is C[C@H]1CN(c2cc(C(=N)c3cc(OC4(C)CC4)ccc3N)ncn2)CCN1C. The van der Waals surface area contributed by atoms with Crippen molar-refractivity contribution in [1.29, 1.82) is 5.41 Å². The number of hydrogen-bond donors (Lipinski definition) is 2. The molecule has 1 atom stereocenters. The smallest absolute Gasteiger partial charge is 0.132 e. The van der Waals surface area contributed by atoms with Crippen molar-refractivity contribution < 1.29 is 4.74 Å². The number of anilines is 2. The molecule has 28 heavy (non-hydrogen) atoms. The first kappa shape index (κ1) is 18.7. The molecule has 148 valence electrons. The van der Waals surface area contributed by atoms with Crippen molar-refractivity contribution in [1.82, 2.24) is 14.9 Å². The van der Waals surface area contributed by atoms with Gasteiger partial charge < -0.3 is 20.3 Å². The van der Waals surface area contributed by atoms with Gasteiger partial charge in [0.1, 0.15) is 23.5 Å². The Morgan fingerprint density at radius 2 is 2.04 bits per heavy atom. The first-order valence-corrected chi connectivity index (χ1v) is 9.80. The van der Waals surface area contributed by atoms with Gasteiger partial charge in [0.05, 0.1) is 11.4 Å². The highest BCUT2D eigenvalue weighted by Crippen LogP contribution is 2.40. The van der Waals surface area contributed by atoms with Gasteiger partial charge in [0.2, 0.25) is 0 Å². The predicted octanol–water partition coefficient (Wildman–Crippen LogP) is 2.55. The van der Waals surface area contributed by atoms with Crippen LogP contribution in [0, 0.1) is 5.41 Å². The lowest BCUT2D eigenvalue weighted by molar-refractivity contribution is 0.200. The predicted molar refractivity (Wildman–Crippen MR) is 111 cm³/mol. The summed E-state index contributed by atoms with van der Waals surface area (Å²) in [5, 5.41) is 8.68. The molecule has 0 unspecified atom stereocenters. The number of hydrogen-bond acceptors (Lipinski definition) is 7. The van der Waals surface area contributed by atoms with E-state index < -0.39 is 0 Å². The van der Waals surface area contributed by atoms with Gasteiger partial charge in [-0.15, -0.1) is 0 Å². The van der Waals surface area contributed by atoms with E-state index in [0.29, 0.717) is 23.0 Å². The number of aromatic nitrogens is 2. The molecule has 1 aliphatic heterocycles. The van der Waals surface area contributed by atoms with Crippen LogP contribution in [0.25, 0.3) is 0 Å². The number of nitrogens with zero attached hydrogens (tertiary/aromatic N) is 4. The van der Waals surface area contributed by atoms with Crippen molar-refractivity contribution in [2.75, 3.05) is 37.3 Å². The van der Waals surface area contributed by atoms with Crippen molar-refractivity contribution in [2.45, 2.75) is 38.3 Å². The molecule has 2 aliphatic rings. The van der Waals surface area contributed by atoms with E-state index in [4.69, 9.17) is 15.9 Å². The highest BCUT2D eigenvalue weighted by molar-refractivity contribution is 6.13. The zero-order chi connectivity index (χ0) is 19.9. The van der Waals surface area contributed by atoms with Crippen LogP contribution in [0.4, 0.5) is 11.5 Å². The summed E-state index contributed by atoms with van der Waals surface area (Å²) in [5.41, 5.74) is 8.13. The molecule has 0 amide bonds. The number of nitrogens with two attached hydrogens (primary N) is 1. The molecule has 2 aromatic rings. The molecule has 7 heteroatoms. The summed E-state index contributed by atoms with van der Waals surface area (Å²) in [7, 11) is 2.14. The van der Waals surface area contributed by atoms with Gasteiger partial charge in [-0.25, -0.2) is 9.97 Å². The third kappa shape index (κ3) is 3.80. The number of likely N-dealkylation sites (N-methyl/N-ethyl adjacent to an activating group) is 1. The number of rotatable bonds is 5. The van der Waals surface area contributed by atoms with E-state index in [1.807, 2.05) is 18.2 Å². The summed E-state index contributed by atoms with van der Waals surface area (Å²) in [4.78, 5) is 13.4. The fraction of sp³-hybridized carbons (Fsp3) is 0.476. The van der Waals surface area contributed by atoms with Crippen LogP contribution in [0.1, 0.15) is 37.9 Å². The molecule has 1 saturated heterocycles. The fourth-order valence-corrected chi connectivity index (χ4v) is 3.43. The summed E-state index contributed by atoms with van der Waals surface area (Å²) in [6.07, 6.45) is 3.65. The zero-order valence-corrected chi connectivity index (χ0v) is 16.8. The zero-order valence-electron chi connectivity index (χ0n) is 16.8. The number of benzene rings is 1. The van der Waals surface area contributed by atoms with Gasteiger partial charge in [-0.05, 0) is 51.9 Å². The molecule has 7 nitrogen and oxygen atoms in total. The van der Waals surface area contributed by atoms with Gasteiger partial charge in [0.25, 0.3) is 0 Å². The molecule has 2 fully saturated rings. The fourth-order valence-electron chi connectivity index (χ4n) is 3.43. The Balaban J connectivity index is 1.57. The Morgan fingerprint density at radius 1 is 1.25 bits per heavy atom. The van der Waals surface area contributed by atoms with Crippen LogP contribution in [0.3, 0.4) is 0 Å². The third-order valence-corrected chi connectivity index (χ3v) is 5.80. The molecule has 0 spiro atoms. The maximum absolute atomic E-state index is 8.68. The second kappa shape index (κ2) is 7.05. The molecule has 1 saturated carbocycles. The molecule has 0 radical (unpaired) electrons. The number of nitrogens with one attached hydrogen (secondary N) is 1. The van der Waals surface area contributed by atoms with Crippen LogP contribution in [-0.4, -0.2) is 58.9 Å². The van der Waals surface area contributed by atoms with Gasteiger partial charge in [0, 0.05) is 43.0 Å². The Kier molecular flexibility index (Phi) is 4.71. The maximum Gasteiger partial charge on any atom is 0.132 e. The number of ether oxygens (including phenoxy) is 1. The van der Waals surface area contributed by atoms with Crippen LogP contribution >= 0.6 is 0 Å². The van der Waals surface area contributed by atoms with E-state index in [1.165, 1.54) is 6.33 Å². The minimum atomic E-state index is -0.0736. The summed E-state index contributed by atoms with van der Waals surface area (Å²) in [6, 6.07) is 7.86. The highest BCUT2D eigenvalue weighted by Gasteiger charge is 2.40. The number of piperazine rings is 1. The second-order valence-corrected chi connectivity index (χ2v) is 8.21. The summed E-state index contributed by atoms with van der Waals surface area (Å²) in [5.74, 6) is 1.60. The lowest BCUT2D eigenvalue weighted by Gasteiger charge is -2.38. The Labute approximate surface area is 166 Å². The molecular weight excluding hydrogens is 352 g/mol. The topological polar surface area (TPSA) is 91.4 Å². The van der Waals surface area contributed by atoms with Gasteiger partial charge in [0.15, 0.2) is 0 Å². The second-order valence-electron chi connectivity index (χ2n) is 8.21. The van der Waals surface area contributed by atoms with E-state index in [-0.39, 0.29) is 11.3 Å². The molecule has 1 aromatic heterocycles. The lowest BCUT2D eigenvalue weighted by atomic mass is 10.0. The van der Waals surface area contributed by atoms with Crippen LogP contribution in [0.5, 0.6) is 5.75 Å². The Bertz CT molecular complexity index is 894. The normalized spacial score (nSPS) is 21.4. The first-order chi connectivity index (χ1) is 13.3. The first-order valence-electron chi connectivity index (χ1n) is 9.80. The minimum absolute atomic E-state index is 0.0736. The standard InChI is InChI=1S/C21H28N6O/c1-14-12-27(9-8-26(14)3)19-11-18(24-13-25-19)20(23)16-10-15(4-5-17(16)22)28-21(2)6-7-21/h4-5,10-11,13-14,23H,6-9,12,22H2,1-3H3/t14-/m0/s1. The van der Waals surface area contributed by atoms with Crippen LogP contribution in [0.15, 0.2) is 30.6 Å². The molecule has 1 aliphatic carbocycles.